The fourth-order valence-electron chi connectivity index (χ4n) is 5.48. The highest BCUT2D eigenvalue weighted by Gasteiger charge is 2.34. The van der Waals surface area contributed by atoms with Crippen LogP contribution in [-0.4, -0.2) is 58.4 Å². The summed E-state index contributed by atoms with van der Waals surface area (Å²) >= 11 is 0. The van der Waals surface area contributed by atoms with Crippen LogP contribution in [0.1, 0.15) is 60.6 Å². The molecule has 0 saturated carbocycles. The number of amides is 2. The molecule has 3 aromatic rings. The van der Waals surface area contributed by atoms with E-state index in [2.05, 4.69) is 10.6 Å². The summed E-state index contributed by atoms with van der Waals surface area (Å²) in [5.74, 6) is -2.04. The van der Waals surface area contributed by atoms with Crippen molar-refractivity contribution in [3.63, 3.8) is 0 Å². The van der Waals surface area contributed by atoms with Gasteiger partial charge in [-0.15, -0.1) is 0 Å². The number of hydrogen-bond acceptors (Lipinski definition) is 9. The number of cyclic esters (lactones) is 1. The molecule has 0 saturated heterocycles. The Balaban J connectivity index is 1.26. The number of aliphatic hydroxyl groups excluding tert-OH is 1. The maximum absolute atomic E-state index is 14.6. The number of nitrogens with one attached hydrogen (secondary N) is 2. The molecule has 2 aliphatic rings. The molecule has 0 aliphatic carbocycles. The van der Waals surface area contributed by atoms with Gasteiger partial charge in [0.1, 0.15) is 19.2 Å². The predicted molar refractivity (Wildman–Crippen MR) is 158 cm³/mol. The zero-order valence-electron chi connectivity index (χ0n) is 24.9. The third-order valence-electron chi connectivity index (χ3n) is 8.14. The number of ether oxygens (including phenoxy) is 2. The third kappa shape index (κ3) is 6.07. The smallest absolute Gasteiger partial charge is 0.340 e. The summed E-state index contributed by atoms with van der Waals surface area (Å²) in [6.45, 7) is 5.51. The van der Waals surface area contributed by atoms with E-state index in [-0.39, 0.29) is 49.0 Å². The molecule has 2 aliphatic heterocycles. The van der Waals surface area contributed by atoms with E-state index in [1.165, 1.54) is 6.07 Å². The minimum absolute atomic E-state index is 0.0159. The van der Waals surface area contributed by atoms with E-state index in [9.17, 15) is 28.7 Å². The average Bonchev–Trinajstić information content (AvgIpc) is 3.36. The first-order valence-corrected chi connectivity index (χ1v) is 14.6. The standard InChI is InChI=1S/C31H36FN5O7/c1-15(2)26(33)29(40)34-11-25(38)35-14-43-7-5-4-6-17-18-8-16(3)22(32)10-23(18)36-27-20(17)12-37-24(27)9-19-21(30(37)41)13-44-31(42)28(19)39/h8-10,15,26,28,39H,4-7,11-14,33H2,1-3H3,(H,34,40)(H,35,38). The molecule has 0 spiro atoms. The highest BCUT2D eigenvalue weighted by molar-refractivity contribution is 5.89. The van der Waals surface area contributed by atoms with E-state index in [1.807, 2.05) is 13.8 Å². The van der Waals surface area contributed by atoms with E-state index >= 15 is 0 Å². The molecule has 234 valence electrons. The van der Waals surface area contributed by atoms with Gasteiger partial charge >= 0.3 is 5.97 Å². The molecule has 2 amide bonds. The van der Waals surface area contributed by atoms with Crippen LogP contribution in [0.4, 0.5) is 4.39 Å². The van der Waals surface area contributed by atoms with Gasteiger partial charge in [-0.2, -0.15) is 0 Å². The fraction of sp³-hybridized carbons (Fsp3) is 0.452. The van der Waals surface area contributed by atoms with Crippen LogP contribution in [0.15, 0.2) is 23.0 Å². The van der Waals surface area contributed by atoms with Crippen LogP contribution in [0.5, 0.6) is 0 Å². The molecule has 1 aromatic carbocycles. The van der Waals surface area contributed by atoms with Gasteiger partial charge in [-0.25, -0.2) is 14.2 Å². The van der Waals surface area contributed by atoms with E-state index in [4.69, 9.17) is 20.2 Å². The summed E-state index contributed by atoms with van der Waals surface area (Å²) in [6, 6.07) is 4.06. The van der Waals surface area contributed by atoms with E-state index in [0.717, 1.165) is 16.5 Å². The Morgan fingerprint density at radius 1 is 1.20 bits per heavy atom. The van der Waals surface area contributed by atoms with Crippen LogP contribution in [0.2, 0.25) is 0 Å². The fourth-order valence-corrected chi connectivity index (χ4v) is 5.48. The third-order valence-corrected chi connectivity index (χ3v) is 8.14. The molecule has 13 heteroatoms. The second kappa shape index (κ2) is 12.8. The summed E-state index contributed by atoms with van der Waals surface area (Å²) in [5, 5.41) is 16.3. The quantitative estimate of drug-likeness (QED) is 0.112. The summed E-state index contributed by atoms with van der Waals surface area (Å²) in [4.78, 5) is 54.0. The van der Waals surface area contributed by atoms with Crippen molar-refractivity contribution in [2.45, 2.75) is 65.3 Å². The zero-order chi connectivity index (χ0) is 31.7. The molecule has 44 heavy (non-hydrogen) atoms. The number of carbonyl (C=O) groups excluding carboxylic acids is 3. The van der Waals surface area contributed by atoms with Gasteiger partial charge in [0.05, 0.1) is 41.6 Å². The molecule has 0 bridgehead atoms. The monoisotopic (exact) mass is 609 g/mol. The molecular weight excluding hydrogens is 573 g/mol. The summed E-state index contributed by atoms with van der Waals surface area (Å²) in [7, 11) is 0. The van der Waals surface area contributed by atoms with Gasteiger partial charge in [0.25, 0.3) is 5.56 Å². The number of aromatic nitrogens is 2. The molecule has 2 atom stereocenters. The highest BCUT2D eigenvalue weighted by atomic mass is 19.1. The van der Waals surface area contributed by atoms with Gasteiger partial charge in [0, 0.05) is 29.2 Å². The van der Waals surface area contributed by atoms with Crippen LogP contribution >= 0.6 is 0 Å². The number of nitrogens with zero attached hydrogens (tertiary/aromatic N) is 2. The molecule has 4 heterocycles. The number of fused-ring (bicyclic) bond motifs is 5. The Hall–Kier alpha value is -4.20. The first-order valence-electron chi connectivity index (χ1n) is 14.6. The van der Waals surface area contributed by atoms with Crippen LogP contribution in [-0.2, 0) is 43.4 Å². The molecular formula is C31H36FN5O7. The molecule has 5 N–H and O–H groups in total. The number of nitrogens with two attached hydrogens (primary N) is 1. The first-order chi connectivity index (χ1) is 21.0. The number of aryl methyl sites for hydroxylation is 2. The van der Waals surface area contributed by atoms with Gasteiger partial charge in [0.2, 0.25) is 11.8 Å². The lowest BCUT2D eigenvalue weighted by atomic mass is 9.94. The Bertz CT molecular complexity index is 1700. The number of pyridine rings is 2. The predicted octanol–water partition coefficient (Wildman–Crippen LogP) is 1.48. The van der Waals surface area contributed by atoms with Crippen molar-refractivity contribution in [2.75, 3.05) is 19.9 Å². The molecule has 2 unspecified atom stereocenters. The largest absolute Gasteiger partial charge is 0.458 e. The topological polar surface area (TPSA) is 175 Å². The molecule has 2 aromatic heterocycles. The number of aliphatic hydroxyl groups is 1. The number of carbonyl (C=O) groups is 3. The lowest BCUT2D eigenvalue weighted by molar-refractivity contribution is -0.157. The van der Waals surface area contributed by atoms with Gasteiger partial charge in [-0.3, -0.25) is 14.4 Å². The number of unbranched alkanes of at least 4 members (excludes halogenated alkanes) is 1. The number of benzene rings is 1. The van der Waals surface area contributed by atoms with Crippen molar-refractivity contribution >= 4 is 28.7 Å². The van der Waals surface area contributed by atoms with Crippen molar-refractivity contribution in [1.82, 2.24) is 20.2 Å². The molecule has 5 rings (SSSR count). The Labute approximate surface area is 252 Å². The summed E-state index contributed by atoms with van der Waals surface area (Å²) in [6.07, 6.45) is 0.383. The zero-order valence-corrected chi connectivity index (χ0v) is 24.9. The molecule has 0 radical (unpaired) electrons. The van der Waals surface area contributed by atoms with Crippen LogP contribution in [0.25, 0.3) is 22.3 Å². The highest BCUT2D eigenvalue weighted by Crippen LogP contribution is 2.38. The maximum Gasteiger partial charge on any atom is 0.340 e. The minimum Gasteiger partial charge on any atom is -0.458 e. The maximum atomic E-state index is 14.6. The normalized spacial score (nSPS) is 15.9. The van der Waals surface area contributed by atoms with E-state index in [0.29, 0.717) is 48.3 Å². The van der Waals surface area contributed by atoms with Gasteiger partial charge in [-0.05, 0) is 55.4 Å². The molecule has 0 fully saturated rings. The lowest BCUT2D eigenvalue weighted by Gasteiger charge is -2.21. The second-order valence-corrected chi connectivity index (χ2v) is 11.5. The number of hydrogen-bond donors (Lipinski definition) is 4. The van der Waals surface area contributed by atoms with Crippen LogP contribution < -0.4 is 21.9 Å². The lowest BCUT2D eigenvalue weighted by Crippen LogP contribution is -2.47. The van der Waals surface area contributed by atoms with Crippen molar-refractivity contribution in [2.24, 2.45) is 11.7 Å². The van der Waals surface area contributed by atoms with Gasteiger partial charge in [0.15, 0.2) is 6.10 Å². The van der Waals surface area contributed by atoms with E-state index < -0.39 is 35.7 Å². The number of rotatable bonds is 11. The second-order valence-electron chi connectivity index (χ2n) is 11.5. The van der Waals surface area contributed by atoms with Gasteiger partial charge < -0.3 is 35.5 Å². The van der Waals surface area contributed by atoms with Crippen molar-refractivity contribution in [3.05, 3.63) is 62.2 Å². The van der Waals surface area contributed by atoms with Crippen molar-refractivity contribution in [1.29, 1.82) is 0 Å². The SMILES string of the molecule is Cc1cc2c(CCCCOCNC(=O)CNC(=O)C(N)C(C)C)c3c(nc2cc1F)-c1cc2c(c(=O)n1C3)COC(=O)C2O. The number of halogens is 1. The average molecular weight is 610 g/mol. The summed E-state index contributed by atoms with van der Waals surface area (Å²) < 4.78 is 26.7. The van der Waals surface area contributed by atoms with Crippen LogP contribution in [0, 0.1) is 18.7 Å². The van der Waals surface area contributed by atoms with Crippen molar-refractivity contribution < 1.29 is 33.4 Å². The molecule has 12 nitrogen and oxygen atoms in total. The Morgan fingerprint density at radius 2 is 1.98 bits per heavy atom. The Morgan fingerprint density at radius 3 is 2.73 bits per heavy atom. The van der Waals surface area contributed by atoms with Crippen molar-refractivity contribution in [3.8, 4) is 11.4 Å². The summed E-state index contributed by atoms with van der Waals surface area (Å²) in [5.41, 5.74) is 9.50. The minimum atomic E-state index is -1.56. The van der Waals surface area contributed by atoms with Crippen LogP contribution in [0.3, 0.4) is 0 Å². The number of esters is 1. The Kier molecular flexibility index (Phi) is 9.09. The first kappa shape index (κ1) is 31.2. The van der Waals surface area contributed by atoms with E-state index in [1.54, 1.807) is 23.6 Å². The van der Waals surface area contributed by atoms with Gasteiger partial charge in [-0.1, -0.05) is 13.8 Å².